The van der Waals surface area contributed by atoms with Gasteiger partial charge in [0.1, 0.15) is 12.4 Å². The molecule has 23 heavy (non-hydrogen) atoms. The molecule has 123 valence electrons. The number of nitrogens with zero attached hydrogens (tertiary/aromatic N) is 3. The molecule has 5 nitrogen and oxygen atoms in total. The van der Waals surface area contributed by atoms with Crippen molar-refractivity contribution >= 4 is 0 Å². The Morgan fingerprint density at radius 1 is 1.26 bits per heavy atom. The molecular weight excluding hydrogens is 288 g/mol. The highest BCUT2D eigenvalue weighted by Crippen LogP contribution is 2.22. The monoisotopic (exact) mass is 313 g/mol. The summed E-state index contributed by atoms with van der Waals surface area (Å²) in [5.41, 5.74) is 2.16. The standard InChI is InChI=1S/C18H25N4O/c1-21-9-6-17(7-10-21)19-8-11-23-18-5-3-4-15(12-18)16-13-20-22(2)14-16/h4-5,12-14,17,19H,6-11H2,1-2H3. The highest BCUT2D eigenvalue weighted by atomic mass is 16.5. The third kappa shape index (κ3) is 4.56. The molecule has 0 unspecified atom stereocenters. The zero-order chi connectivity index (χ0) is 16.1. The molecule has 0 amide bonds. The van der Waals surface area contributed by atoms with E-state index in [0.717, 1.165) is 23.4 Å². The maximum Gasteiger partial charge on any atom is 0.120 e. The van der Waals surface area contributed by atoms with Crippen molar-refractivity contribution < 1.29 is 4.74 Å². The summed E-state index contributed by atoms with van der Waals surface area (Å²) in [6, 6.07) is 9.66. The average Bonchev–Trinajstić information content (AvgIpc) is 3.00. The first-order valence-electron chi connectivity index (χ1n) is 8.25. The van der Waals surface area contributed by atoms with E-state index >= 15 is 0 Å². The molecule has 1 aliphatic heterocycles. The van der Waals surface area contributed by atoms with Crippen LogP contribution in [0.3, 0.4) is 0 Å². The number of aryl methyl sites for hydroxylation is 1. The predicted octanol–water partition coefficient (Wildman–Crippen LogP) is 1.95. The first-order valence-corrected chi connectivity index (χ1v) is 8.25. The van der Waals surface area contributed by atoms with Crippen molar-refractivity contribution in [3.63, 3.8) is 0 Å². The molecule has 3 rings (SSSR count). The fourth-order valence-electron chi connectivity index (χ4n) is 2.92. The summed E-state index contributed by atoms with van der Waals surface area (Å²) in [4.78, 5) is 2.38. The Balaban J connectivity index is 1.45. The second-order valence-electron chi connectivity index (χ2n) is 6.24. The van der Waals surface area contributed by atoms with E-state index in [-0.39, 0.29) is 0 Å². The average molecular weight is 313 g/mol. The van der Waals surface area contributed by atoms with Gasteiger partial charge in [0.25, 0.3) is 0 Å². The maximum absolute atomic E-state index is 5.86. The Labute approximate surface area is 138 Å². The van der Waals surface area contributed by atoms with Crippen LogP contribution in [0.5, 0.6) is 5.75 Å². The largest absolute Gasteiger partial charge is 0.492 e. The van der Waals surface area contributed by atoms with E-state index in [9.17, 15) is 0 Å². The SMILES string of the molecule is CN1CCC(NCCOc2c[c]cc(-c3cnn(C)c3)c2)CC1. The maximum atomic E-state index is 5.86. The van der Waals surface area contributed by atoms with Gasteiger partial charge in [0.05, 0.1) is 6.20 Å². The first kappa shape index (κ1) is 16.0. The summed E-state index contributed by atoms with van der Waals surface area (Å²) in [5, 5.41) is 7.79. The van der Waals surface area contributed by atoms with Crippen molar-refractivity contribution in [3.8, 4) is 16.9 Å². The van der Waals surface area contributed by atoms with Crippen molar-refractivity contribution in [2.45, 2.75) is 18.9 Å². The van der Waals surface area contributed by atoms with Crippen molar-refractivity contribution in [1.29, 1.82) is 0 Å². The van der Waals surface area contributed by atoms with E-state index in [1.807, 2.05) is 37.6 Å². The summed E-state index contributed by atoms with van der Waals surface area (Å²) >= 11 is 0. The number of benzene rings is 1. The Morgan fingerprint density at radius 3 is 2.83 bits per heavy atom. The van der Waals surface area contributed by atoms with E-state index in [1.54, 1.807) is 4.68 Å². The minimum absolute atomic E-state index is 0.628. The predicted molar refractivity (Wildman–Crippen MR) is 91.5 cm³/mol. The topological polar surface area (TPSA) is 42.3 Å². The van der Waals surface area contributed by atoms with E-state index in [1.165, 1.54) is 25.9 Å². The van der Waals surface area contributed by atoms with Crippen LogP contribution in [0.4, 0.5) is 0 Å². The van der Waals surface area contributed by atoms with Crippen molar-refractivity contribution in [2.24, 2.45) is 7.05 Å². The Bertz CT molecular complexity index is 617. The molecule has 1 saturated heterocycles. The third-order valence-electron chi connectivity index (χ3n) is 4.32. The smallest absolute Gasteiger partial charge is 0.120 e. The van der Waals surface area contributed by atoms with E-state index in [2.05, 4.69) is 28.4 Å². The van der Waals surface area contributed by atoms with Gasteiger partial charge < -0.3 is 15.0 Å². The molecular formula is C18H25N4O. The lowest BCUT2D eigenvalue weighted by molar-refractivity contribution is 0.224. The van der Waals surface area contributed by atoms with Crippen LogP contribution in [-0.2, 0) is 7.05 Å². The van der Waals surface area contributed by atoms with E-state index in [0.29, 0.717) is 12.6 Å². The highest BCUT2D eigenvalue weighted by Gasteiger charge is 2.15. The van der Waals surface area contributed by atoms with Crippen LogP contribution >= 0.6 is 0 Å². The molecule has 0 spiro atoms. The highest BCUT2D eigenvalue weighted by molar-refractivity contribution is 5.63. The lowest BCUT2D eigenvalue weighted by Crippen LogP contribution is -2.42. The Hall–Kier alpha value is -1.85. The molecule has 2 aromatic rings. The number of nitrogens with one attached hydrogen (secondary N) is 1. The number of ether oxygens (including phenoxy) is 1. The minimum atomic E-state index is 0.628. The van der Waals surface area contributed by atoms with Gasteiger partial charge in [-0.05, 0) is 62.8 Å². The molecule has 0 aliphatic carbocycles. The van der Waals surface area contributed by atoms with Gasteiger partial charge in [0, 0.05) is 31.4 Å². The second kappa shape index (κ2) is 7.62. The van der Waals surface area contributed by atoms with Crippen LogP contribution in [0.25, 0.3) is 11.1 Å². The van der Waals surface area contributed by atoms with Gasteiger partial charge in [-0.15, -0.1) is 0 Å². The van der Waals surface area contributed by atoms with Gasteiger partial charge in [0.2, 0.25) is 0 Å². The molecule has 0 bridgehead atoms. The van der Waals surface area contributed by atoms with E-state index in [4.69, 9.17) is 4.74 Å². The summed E-state index contributed by atoms with van der Waals surface area (Å²) in [5.74, 6) is 0.858. The second-order valence-corrected chi connectivity index (χ2v) is 6.24. The van der Waals surface area contributed by atoms with Gasteiger partial charge in [-0.2, -0.15) is 5.10 Å². The molecule has 1 aliphatic rings. The van der Waals surface area contributed by atoms with Crippen LogP contribution in [0.1, 0.15) is 12.8 Å². The molecule has 5 heteroatoms. The van der Waals surface area contributed by atoms with Crippen LogP contribution in [-0.4, -0.2) is 54.0 Å². The molecule has 1 fully saturated rings. The van der Waals surface area contributed by atoms with Gasteiger partial charge in [-0.25, -0.2) is 0 Å². The van der Waals surface area contributed by atoms with Gasteiger partial charge in [-0.3, -0.25) is 4.68 Å². The van der Waals surface area contributed by atoms with Crippen LogP contribution in [0, 0.1) is 6.07 Å². The molecule has 1 N–H and O–H groups in total. The van der Waals surface area contributed by atoms with Crippen LogP contribution in [0.15, 0.2) is 30.6 Å². The molecule has 1 aromatic heterocycles. The van der Waals surface area contributed by atoms with Gasteiger partial charge in [0.15, 0.2) is 0 Å². The van der Waals surface area contributed by atoms with E-state index < -0.39 is 0 Å². The normalized spacial score (nSPS) is 16.6. The minimum Gasteiger partial charge on any atom is -0.492 e. The third-order valence-corrected chi connectivity index (χ3v) is 4.32. The number of aromatic nitrogens is 2. The molecule has 2 heterocycles. The van der Waals surface area contributed by atoms with Gasteiger partial charge in [-0.1, -0.05) is 0 Å². The van der Waals surface area contributed by atoms with Crippen LogP contribution in [0.2, 0.25) is 0 Å². The van der Waals surface area contributed by atoms with Crippen molar-refractivity contribution in [3.05, 3.63) is 36.7 Å². The lowest BCUT2D eigenvalue weighted by atomic mass is 10.1. The quantitative estimate of drug-likeness (QED) is 0.828. The number of piperidine rings is 1. The lowest BCUT2D eigenvalue weighted by Gasteiger charge is -2.29. The van der Waals surface area contributed by atoms with Crippen LogP contribution < -0.4 is 10.1 Å². The Kier molecular flexibility index (Phi) is 5.31. The zero-order valence-electron chi connectivity index (χ0n) is 14.0. The fraction of sp³-hybridized carbons (Fsp3) is 0.500. The molecule has 1 radical (unpaired) electrons. The number of rotatable bonds is 6. The summed E-state index contributed by atoms with van der Waals surface area (Å²) in [7, 11) is 4.10. The Morgan fingerprint density at radius 2 is 2.09 bits per heavy atom. The molecule has 0 atom stereocenters. The fourth-order valence-corrected chi connectivity index (χ4v) is 2.92. The summed E-state index contributed by atoms with van der Waals surface area (Å²) in [6.07, 6.45) is 6.30. The number of hydrogen-bond donors (Lipinski definition) is 1. The summed E-state index contributed by atoms with van der Waals surface area (Å²) < 4.78 is 7.66. The number of likely N-dealkylation sites (tertiary alicyclic amines) is 1. The molecule has 1 aromatic carbocycles. The first-order chi connectivity index (χ1) is 11.2. The molecule has 0 saturated carbocycles. The number of hydrogen-bond acceptors (Lipinski definition) is 4. The van der Waals surface area contributed by atoms with Gasteiger partial charge >= 0.3 is 0 Å². The zero-order valence-corrected chi connectivity index (χ0v) is 14.0. The van der Waals surface area contributed by atoms with Crippen molar-refractivity contribution in [2.75, 3.05) is 33.3 Å². The van der Waals surface area contributed by atoms with Crippen molar-refractivity contribution in [1.82, 2.24) is 20.0 Å². The summed E-state index contributed by atoms with van der Waals surface area (Å²) in [6.45, 7) is 3.92.